The molecule has 0 bridgehead atoms. The third kappa shape index (κ3) is 5.85. The summed E-state index contributed by atoms with van der Waals surface area (Å²) in [4.78, 5) is 19.9. The van der Waals surface area contributed by atoms with Crippen molar-refractivity contribution in [3.63, 3.8) is 0 Å². The quantitative estimate of drug-likeness (QED) is 0.573. The molecular formula is C17H24N4O4S. The average Bonchev–Trinajstić information content (AvgIpc) is 2.92. The summed E-state index contributed by atoms with van der Waals surface area (Å²) in [6, 6.07) is 6.17. The van der Waals surface area contributed by atoms with Crippen LogP contribution in [-0.2, 0) is 21.5 Å². The molecule has 0 saturated heterocycles. The molecule has 0 aliphatic carbocycles. The molecule has 1 atom stereocenters. The Balaban J connectivity index is 2.19. The number of imidazole rings is 1. The second-order valence-corrected chi connectivity index (χ2v) is 8.34. The van der Waals surface area contributed by atoms with Crippen LogP contribution in [0.15, 0.2) is 30.5 Å². The van der Waals surface area contributed by atoms with Crippen LogP contribution < -0.4 is 10.0 Å². The minimum absolute atomic E-state index is 0.0961. The van der Waals surface area contributed by atoms with Gasteiger partial charge in [-0.3, -0.25) is 14.1 Å². The normalized spacial score (nSPS) is 13.3. The highest BCUT2D eigenvalue weighted by Gasteiger charge is 2.26. The molecular weight excluding hydrogens is 356 g/mol. The number of hydrogen-bond donors (Lipinski definition) is 4. The van der Waals surface area contributed by atoms with Gasteiger partial charge in [-0.05, 0) is 31.0 Å². The average molecular weight is 380 g/mol. The van der Waals surface area contributed by atoms with Crippen molar-refractivity contribution in [3.8, 4) is 0 Å². The van der Waals surface area contributed by atoms with E-state index in [1.54, 1.807) is 30.5 Å². The van der Waals surface area contributed by atoms with E-state index in [-0.39, 0.29) is 17.6 Å². The number of aromatic amines is 1. The maximum Gasteiger partial charge on any atom is 0.357 e. The van der Waals surface area contributed by atoms with Crippen LogP contribution in [0.2, 0.25) is 0 Å². The van der Waals surface area contributed by atoms with Gasteiger partial charge < -0.3 is 10.3 Å². The molecule has 1 aromatic heterocycles. The number of nitrogens with one attached hydrogen (secondary N) is 3. The van der Waals surface area contributed by atoms with Crippen molar-refractivity contribution in [2.75, 3.05) is 4.72 Å². The van der Waals surface area contributed by atoms with Crippen LogP contribution in [0, 0.1) is 12.3 Å². The van der Waals surface area contributed by atoms with Gasteiger partial charge in [0, 0.05) is 11.6 Å². The van der Waals surface area contributed by atoms with Gasteiger partial charge in [0.1, 0.15) is 5.82 Å². The number of aromatic nitrogens is 2. The van der Waals surface area contributed by atoms with Crippen molar-refractivity contribution in [2.45, 2.75) is 40.2 Å². The van der Waals surface area contributed by atoms with Gasteiger partial charge in [-0.25, -0.2) is 4.98 Å². The molecule has 2 rings (SSSR count). The Morgan fingerprint density at radius 2 is 1.88 bits per heavy atom. The standard InChI is InChI=1S/C17H24N4O4S/c1-11-10-18-15(19-11)14(20-16(22)17(2,3)4)9-12-5-7-13(8-6-12)21-26(23,24)25/h5-8,10,14,21H,9H2,1-4H3,(H,18,19)(H,20,22)(H,23,24,25)/t14-/m0/s1. The van der Waals surface area contributed by atoms with Gasteiger partial charge in [0.15, 0.2) is 0 Å². The third-order valence-electron chi connectivity index (χ3n) is 3.68. The summed E-state index contributed by atoms with van der Waals surface area (Å²) in [5, 5.41) is 3.00. The number of carbonyl (C=O) groups excluding carboxylic acids is 1. The molecule has 2 aromatic rings. The lowest BCUT2D eigenvalue weighted by atomic mass is 9.94. The van der Waals surface area contributed by atoms with Gasteiger partial charge in [0.2, 0.25) is 5.91 Å². The third-order valence-corrected chi connectivity index (χ3v) is 4.18. The molecule has 0 aliphatic heterocycles. The Morgan fingerprint density at radius 1 is 1.27 bits per heavy atom. The number of carbonyl (C=O) groups is 1. The fraction of sp³-hybridized carbons (Fsp3) is 0.412. The van der Waals surface area contributed by atoms with Gasteiger partial charge in [-0.2, -0.15) is 8.42 Å². The molecule has 1 heterocycles. The highest BCUT2D eigenvalue weighted by Crippen LogP contribution is 2.21. The number of nitrogens with zero attached hydrogens (tertiary/aromatic N) is 1. The van der Waals surface area contributed by atoms with Gasteiger partial charge in [0.25, 0.3) is 0 Å². The van der Waals surface area contributed by atoms with Crippen LogP contribution in [-0.4, -0.2) is 28.8 Å². The van der Waals surface area contributed by atoms with Crippen LogP contribution in [0.4, 0.5) is 5.69 Å². The summed E-state index contributed by atoms with van der Waals surface area (Å²) in [5.41, 5.74) is 1.41. The first-order chi connectivity index (χ1) is 11.9. The second kappa shape index (κ2) is 7.46. The predicted octanol–water partition coefficient (Wildman–Crippen LogP) is 2.38. The fourth-order valence-corrected chi connectivity index (χ4v) is 2.73. The zero-order chi connectivity index (χ0) is 19.5. The van der Waals surface area contributed by atoms with Crippen molar-refractivity contribution in [1.29, 1.82) is 0 Å². The van der Waals surface area contributed by atoms with E-state index in [4.69, 9.17) is 4.55 Å². The Hall–Kier alpha value is -2.39. The van der Waals surface area contributed by atoms with Gasteiger partial charge in [0.05, 0.1) is 17.4 Å². The molecule has 0 saturated carbocycles. The van der Waals surface area contributed by atoms with E-state index in [9.17, 15) is 13.2 Å². The molecule has 1 aromatic carbocycles. The number of aryl methyl sites for hydroxylation is 1. The van der Waals surface area contributed by atoms with E-state index >= 15 is 0 Å². The largest absolute Gasteiger partial charge is 0.357 e. The first-order valence-corrected chi connectivity index (χ1v) is 9.55. The molecule has 0 radical (unpaired) electrons. The summed E-state index contributed by atoms with van der Waals surface area (Å²) in [6.07, 6.45) is 2.24. The lowest BCUT2D eigenvalue weighted by Gasteiger charge is -2.23. The topological polar surface area (TPSA) is 124 Å². The summed E-state index contributed by atoms with van der Waals surface area (Å²) in [5.74, 6) is 0.557. The van der Waals surface area contributed by atoms with Crippen LogP contribution >= 0.6 is 0 Å². The summed E-state index contributed by atoms with van der Waals surface area (Å²) in [6.45, 7) is 7.37. The molecule has 9 heteroatoms. The molecule has 4 N–H and O–H groups in total. The Morgan fingerprint density at radius 3 is 2.35 bits per heavy atom. The van der Waals surface area contributed by atoms with E-state index in [1.165, 1.54) is 0 Å². The number of benzene rings is 1. The summed E-state index contributed by atoms with van der Waals surface area (Å²) >= 11 is 0. The predicted molar refractivity (Wildman–Crippen MR) is 99.0 cm³/mol. The van der Waals surface area contributed by atoms with E-state index in [0.717, 1.165) is 11.3 Å². The molecule has 26 heavy (non-hydrogen) atoms. The van der Waals surface area contributed by atoms with E-state index < -0.39 is 15.7 Å². The van der Waals surface area contributed by atoms with Crippen molar-refractivity contribution in [2.24, 2.45) is 5.41 Å². The summed E-state index contributed by atoms with van der Waals surface area (Å²) in [7, 11) is -4.31. The lowest BCUT2D eigenvalue weighted by Crippen LogP contribution is -2.38. The Kier molecular flexibility index (Phi) is 5.72. The van der Waals surface area contributed by atoms with Crippen molar-refractivity contribution < 1.29 is 17.8 Å². The SMILES string of the molecule is Cc1c[nH]c([C@H](Cc2ccc(NS(=O)(=O)O)cc2)NC(=O)C(C)(C)C)n1. The highest BCUT2D eigenvalue weighted by molar-refractivity contribution is 7.87. The number of rotatable bonds is 6. The zero-order valence-electron chi connectivity index (χ0n) is 15.2. The first kappa shape index (κ1) is 19.9. The molecule has 0 fully saturated rings. The minimum atomic E-state index is -4.31. The molecule has 8 nitrogen and oxygen atoms in total. The summed E-state index contributed by atoms with van der Waals surface area (Å²) < 4.78 is 32.5. The molecule has 142 valence electrons. The van der Waals surface area contributed by atoms with E-state index in [0.29, 0.717) is 12.2 Å². The number of hydrogen-bond acceptors (Lipinski definition) is 4. The molecule has 1 amide bonds. The van der Waals surface area contributed by atoms with Crippen LogP contribution in [0.25, 0.3) is 0 Å². The highest BCUT2D eigenvalue weighted by atomic mass is 32.2. The van der Waals surface area contributed by atoms with Crippen molar-refractivity contribution >= 4 is 21.9 Å². The maximum atomic E-state index is 12.4. The van der Waals surface area contributed by atoms with Crippen LogP contribution in [0.5, 0.6) is 0 Å². The monoisotopic (exact) mass is 380 g/mol. The molecule has 0 unspecified atom stereocenters. The van der Waals surface area contributed by atoms with Crippen LogP contribution in [0.3, 0.4) is 0 Å². The lowest BCUT2D eigenvalue weighted by molar-refractivity contribution is -0.129. The van der Waals surface area contributed by atoms with Crippen molar-refractivity contribution in [1.82, 2.24) is 15.3 Å². The Bertz CT molecular complexity index is 867. The fourth-order valence-electron chi connectivity index (χ4n) is 2.30. The number of amides is 1. The van der Waals surface area contributed by atoms with Crippen molar-refractivity contribution in [3.05, 3.63) is 47.5 Å². The Labute approximate surface area is 153 Å². The first-order valence-electron chi connectivity index (χ1n) is 8.11. The minimum Gasteiger partial charge on any atom is -0.347 e. The smallest absolute Gasteiger partial charge is 0.347 e. The zero-order valence-corrected chi connectivity index (χ0v) is 16.0. The van der Waals surface area contributed by atoms with Crippen LogP contribution in [0.1, 0.15) is 43.9 Å². The molecule has 0 spiro atoms. The van der Waals surface area contributed by atoms with Gasteiger partial charge >= 0.3 is 10.3 Å². The molecule has 0 aliphatic rings. The van der Waals surface area contributed by atoms with Gasteiger partial charge in [-0.1, -0.05) is 32.9 Å². The van der Waals surface area contributed by atoms with Gasteiger partial charge in [-0.15, -0.1) is 0 Å². The number of H-pyrrole nitrogens is 1. The second-order valence-electron chi connectivity index (χ2n) is 7.18. The number of anilines is 1. The van der Waals surface area contributed by atoms with E-state index in [2.05, 4.69) is 15.3 Å². The maximum absolute atomic E-state index is 12.4. The van der Waals surface area contributed by atoms with E-state index in [1.807, 2.05) is 32.4 Å².